The first kappa shape index (κ1) is 20.3. The van der Waals surface area contributed by atoms with E-state index >= 15 is 0 Å². The van der Waals surface area contributed by atoms with Crippen LogP contribution in [0.3, 0.4) is 0 Å². The average molecular weight is 440 g/mol. The van der Waals surface area contributed by atoms with Gasteiger partial charge in [0.25, 0.3) is 0 Å². The van der Waals surface area contributed by atoms with E-state index in [9.17, 15) is 21.6 Å². The Labute approximate surface area is 163 Å². The molecule has 3 rings (SSSR count). The highest BCUT2D eigenvalue weighted by Crippen LogP contribution is 2.38. The Bertz CT molecular complexity index is 948. The zero-order valence-corrected chi connectivity index (χ0v) is 16.8. The van der Waals surface area contributed by atoms with Crippen molar-refractivity contribution in [2.75, 3.05) is 36.3 Å². The van der Waals surface area contributed by atoms with Gasteiger partial charge in [-0.3, -0.25) is 0 Å². The first-order chi connectivity index (χ1) is 12.7. The monoisotopic (exact) mass is 439 g/mol. The van der Waals surface area contributed by atoms with Crippen LogP contribution in [-0.2, 0) is 10.1 Å². The minimum atomic E-state index is -5.79. The smallest absolute Gasteiger partial charge is 0.374 e. The maximum Gasteiger partial charge on any atom is 0.534 e. The van der Waals surface area contributed by atoms with Gasteiger partial charge in [0.2, 0.25) is 0 Å². The summed E-state index contributed by atoms with van der Waals surface area (Å²) in [6.07, 6.45) is 5.22. The lowest BCUT2D eigenvalue weighted by Crippen LogP contribution is -2.48. The van der Waals surface area contributed by atoms with Crippen molar-refractivity contribution in [3.8, 4) is 5.75 Å². The summed E-state index contributed by atoms with van der Waals surface area (Å²) in [7, 11) is -5.79. The number of hydrogen-bond donors (Lipinski definition) is 0. The van der Waals surface area contributed by atoms with Gasteiger partial charge in [0.05, 0.1) is 0 Å². The molecule has 0 spiro atoms. The van der Waals surface area contributed by atoms with Crippen LogP contribution in [-0.4, -0.2) is 55.2 Å². The van der Waals surface area contributed by atoms with Gasteiger partial charge < -0.3 is 9.08 Å². The summed E-state index contributed by atoms with van der Waals surface area (Å²) >= 11 is 2.95. The lowest BCUT2D eigenvalue weighted by atomic mass is 10.0. The molecular formula is C15H16F3N3O3S3. The number of halogens is 3. The van der Waals surface area contributed by atoms with E-state index < -0.39 is 21.4 Å². The first-order valence-corrected chi connectivity index (χ1v) is 11.8. The van der Waals surface area contributed by atoms with Crippen LogP contribution >= 0.6 is 23.5 Å². The molecule has 1 aliphatic rings. The molecule has 1 fully saturated rings. The number of rotatable bonds is 6. The molecule has 12 heteroatoms. The van der Waals surface area contributed by atoms with Crippen LogP contribution < -0.4 is 9.08 Å². The van der Waals surface area contributed by atoms with Gasteiger partial charge in [-0.2, -0.15) is 33.4 Å². The van der Waals surface area contributed by atoms with Gasteiger partial charge in [0.1, 0.15) is 5.52 Å². The lowest BCUT2D eigenvalue weighted by molar-refractivity contribution is -0.0499. The van der Waals surface area contributed by atoms with Crippen molar-refractivity contribution < 1.29 is 25.8 Å². The Hall–Kier alpha value is -1.40. The Morgan fingerprint density at radius 1 is 1.30 bits per heavy atom. The van der Waals surface area contributed by atoms with Gasteiger partial charge in [-0.05, 0) is 30.4 Å². The number of fused-ring (bicyclic) bond motifs is 1. The molecule has 0 unspecified atom stereocenters. The summed E-state index contributed by atoms with van der Waals surface area (Å²) in [6, 6.07) is 2.75. The molecule has 0 bridgehead atoms. The Kier molecular flexibility index (Phi) is 5.69. The van der Waals surface area contributed by atoms with Crippen LogP contribution in [0.2, 0.25) is 0 Å². The van der Waals surface area contributed by atoms with Gasteiger partial charge in [-0.1, -0.05) is 11.8 Å². The number of thioether (sulfide) groups is 2. The van der Waals surface area contributed by atoms with E-state index in [4.69, 9.17) is 0 Å². The van der Waals surface area contributed by atoms with Crippen LogP contribution in [0.1, 0.15) is 0 Å². The van der Waals surface area contributed by atoms with E-state index in [-0.39, 0.29) is 5.52 Å². The van der Waals surface area contributed by atoms with Crippen LogP contribution in [0.5, 0.6) is 5.75 Å². The molecular weight excluding hydrogens is 423 g/mol. The summed E-state index contributed by atoms with van der Waals surface area (Å²) in [5, 5.41) is 0.753. The molecule has 0 amide bonds. The maximum absolute atomic E-state index is 12.7. The predicted octanol–water partition coefficient (Wildman–Crippen LogP) is 3.38. The van der Waals surface area contributed by atoms with Crippen molar-refractivity contribution in [2.24, 2.45) is 5.92 Å². The third-order valence-electron chi connectivity index (χ3n) is 4.03. The topological polar surface area (TPSA) is 72.4 Å². The largest absolute Gasteiger partial charge is 0.534 e. The number of benzene rings is 1. The molecule has 2 aromatic rings. The van der Waals surface area contributed by atoms with Crippen molar-refractivity contribution >= 4 is 50.2 Å². The molecule has 2 heterocycles. The van der Waals surface area contributed by atoms with Crippen LogP contribution in [0.4, 0.5) is 18.9 Å². The highest BCUT2D eigenvalue weighted by Gasteiger charge is 2.49. The third-order valence-corrected chi connectivity index (χ3v) is 6.37. The zero-order valence-electron chi connectivity index (χ0n) is 14.4. The molecule has 0 atom stereocenters. The predicted molar refractivity (Wildman–Crippen MR) is 101 cm³/mol. The second-order valence-electron chi connectivity index (χ2n) is 5.91. The van der Waals surface area contributed by atoms with Crippen LogP contribution in [0.15, 0.2) is 23.5 Å². The molecule has 0 N–H and O–H groups in total. The molecule has 1 aromatic carbocycles. The molecule has 0 saturated carbocycles. The summed E-state index contributed by atoms with van der Waals surface area (Å²) in [5.74, 6) is 1.08. The second kappa shape index (κ2) is 7.55. The fourth-order valence-electron chi connectivity index (χ4n) is 2.78. The normalized spacial score (nSPS) is 15.8. The summed E-state index contributed by atoms with van der Waals surface area (Å²) in [4.78, 5) is 10.4. The Morgan fingerprint density at radius 2 is 2.00 bits per heavy atom. The number of alkyl halides is 3. The minimum absolute atomic E-state index is 0.0352. The SMILES string of the molecule is CSCC1CN(c2ccc(OS(=O)(=O)C(F)(F)F)c3nc(SC)ncc23)C1. The zero-order chi connectivity index (χ0) is 19.8. The fourth-order valence-corrected chi connectivity index (χ4v) is 4.27. The lowest BCUT2D eigenvalue weighted by Gasteiger charge is -2.41. The van der Waals surface area contributed by atoms with E-state index in [2.05, 4.69) is 19.1 Å². The van der Waals surface area contributed by atoms with Crippen molar-refractivity contribution in [3.63, 3.8) is 0 Å². The summed E-state index contributed by atoms with van der Waals surface area (Å²) in [5.41, 5.74) is -4.74. The molecule has 27 heavy (non-hydrogen) atoms. The molecule has 0 radical (unpaired) electrons. The van der Waals surface area contributed by atoms with E-state index in [0.717, 1.165) is 24.5 Å². The molecule has 1 aliphatic heterocycles. The number of nitrogens with zero attached hydrogens (tertiary/aromatic N) is 3. The molecule has 1 aromatic heterocycles. The van der Waals surface area contributed by atoms with Crippen molar-refractivity contribution in [1.82, 2.24) is 9.97 Å². The first-order valence-electron chi connectivity index (χ1n) is 7.74. The van der Waals surface area contributed by atoms with Crippen LogP contribution in [0, 0.1) is 5.92 Å². The number of aromatic nitrogens is 2. The standard InChI is InChI=1S/C15H16F3N3O3S3/c1-25-8-9-6-21(7-9)11-3-4-12(24-27(22,23)15(16,17)18)13-10(11)5-19-14(20-13)26-2/h3-5,9H,6-8H2,1-2H3. The molecule has 148 valence electrons. The van der Waals surface area contributed by atoms with Gasteiger partial charge in [-0.15, -0.1) is 0 Å². The second-order valence-corrected chi connectivity index (χ2v) is 9.13. The average Bonchev–Trinajstić information content (AvgIpc) is 2.57. The van der Waals surface area contributed by atoms with Gasteiger partial charge >= 0.3 is 15.6 Å². The van der Waals surface area contributed by atoms with Gasteiger partial charge in [-0.25, -0.2) is 9.97 Å². The molecule has 1 saturated heterocycles. The van der Waals surface area contributed by atoms with Crippen molar-refractivity contribution in [1.29, 1.82) is 0 Å². The highest BCUT2D eigenvalue weighted by atomic mass is 32.2. The third kappa shape index (κ3) is 4.06. The molecule has 0 aliphatic carbocycles. The Morgan fingerprint density at radius 3 is 2.59 bits per heavy atom. The maximum atomic E-state index is 12.7. The highest BCUT2D eigenvalue weighted by molar-refractivity contribution is 7.98. The van der Waals surface area contributed by atoms with E-state index in [1.165, 1.54) is 24.0 Å². The van der Waals surface area contributed by atoms with Gasteiger partial charge in [0.15, 0.2) is 10.9 Å². The Balaban J connectivity index is 2.02. The van der Waals surface area contributed by atoms with Crippen LogP contribution in [0.25, 0.3) is 10.9 Å². The quantitative estimate of drug-likeness (QED) is 0.294. The van der Waals surface area contributed by atoms with E-state index in [0.29, 0.717) is 16.5 Å². The number of hydrogen-bond acceptors (Lipinski definition) is 8. The van der Waals surface area contributed by atoms with E-state index in [1.54, 1.807) is 24.1 Å². The van der Waals surface area contributed by atoms with E-state index in [1.807, 2.05) is 6.26 Å². The molecule has 6 nitrogen and oxygen atoms in total. The minimum Gasteiger partial charge on any atom is -0.374 e. The van der Waals surface area contributed by atoms with Crippen molar-refractivity contribution in [3.05, 3.63) is 18.3 Å². The fraction of sp³-hybridized carbons (Fsp3) is 0.467. The summed E-state index contributed by atoms with van der Waals surface area (Å²) < 4.78 is 65.2. The van der Waals surface area contributed by atoms with Gasteiger partial charge in [0, 0.05) is 36.3 Å². The van der Waals surface area contributed by atoms with Crippen molar-refractivity contribution in [2.45, 2.75) is 10.7 Å². The summed E-state index contributed by atoms with van der Waals surface area (Å²) in [6.45, 7) is 1.61. The number of anilines is 1.